The number of hydrogen-bond acceptors (Lipinski definition) is 4. The molecule has 1 fully saturated rings. The number of piperazine rings is 1. The van der Waals surface area contributed by atoms with Crippen molar-refractivity contribution in [2.45, 2.75) is 17.9 Å². The highest BCUT2D eigenvalue weighted by atomic mass is 79.9. The Hall–Kier alpha value is -0.430. The number of rotatable bonds is 4. The van der Waals surface area contributed by atoms with Crippen molar-refractivity contribution in [2.75, 3.05) is 31.9 Å². The van der Waals surface area contributed by atoms with E-state index < -0.39 is 9.84 Å². The minimum Gasteiger partial charge on any atom is -0.314 e. The van der Waals surface area contributed by atoms with Crippen LogP contribution in [-0.2, 0) is 9.84 Å². The summed E-state index contributed by atoms with van der Waals surface area (Å²) in [6.07, 6.45) is 0. The summed E-state index contributed by atoms with van der Waals surface area (Å²) in [5.74, 6) is 0.180. The van der Waals surface area contributed by atoms with Gasteiger partial charge in [0.2, 0.25) is 0 Å². The van der Waals surface area contributed by atoms with Crippen LogP contribution >= 0.6 is 15.9 Å². The molecule has 1 N–H and O–H groups in total. The topological polar surface area (TPSA) is 49.4 Å². The van der Waals surface area contributed by atoms with E-state index >= 15 is 0 Å². The van der Waals surface area contributed by atoms with Gasteiger partial charge in [-0.15, -0.1) is 0 Å². The largest absolute Gasteiger partial charge is 0.314 e. The molecule has 1 aromatic carbocycles. The number of sulfone groups is 1. The fourth-order valence-electron chi connectivity index (χ4n) is 2.21. The van der Waals surface area contributed by atoms with Crippen molar-refractivity contribution in [1.29, 1.82) is 0 Å². The minimum absolute atomic E-state index is 0.180. The van der Waals surface area contributed by atoms with E-state index in [4.69, 9.17) is 0 Å². The zero-order valence-corrected chi connectivity index (χ0v) is 13.4. The van der Waals surface area contributed by atoms with Crippen LogP contribution in [0, 0.1) is 0 Å². The van der Waals surface area contributed by atoms with Crippen LogP contribution in [0.1, 0.15) is 6.92 Å². The summed E-state index contributed by atoms with van der Waals surface area (Å²) in [5, 5.41) is 3.30. The molecule has 0 aromatic heterocycles. The first kappa shape index (κ1) is 15.0. The van der Waals surface area contributed by atoms with Crippen molar-refractivity contribution in [1.82, 2.24) is 10.2 Å². The molecule has 0 amide bonds. The average Bonchev–Trinajstić information content (AvgIpc) is 2.38. The maximum absolute atomic E-state index is 12.2. The first-order chi connectivity index (χ1) is 8.99. The van der Waals surface area contributed by atoms with Gasteiger partial charge in [0.1, 0.15) is 0 Å². The molecule has 1 aromatic rings. The second-order valence-electron chi connectivity index (χ2n) is 4.86. The zero-order valence-electron chi connectivity index (χ0n) is 11.0. The van der Waals surface area contributed by atoms with Crippen LogP contribution in [0.3, 0.4) is 0 Å². The van der Waals surface area contributed by atoms with Gasteiger partial charge in [0.15, 0.2) is 9.84 Å². The first-order valence-corrected chi connectivity index (χ1v) is 8.87. The first-order valence-electron chi connectivity index (χ1n) is 6.42. The lowest BCUT2D eigenvalue weighted by Gasteiger charge is -2.33. The number of halogens is 1. The Kier molecular flexibility index (Phi) is 5.00. The second-order valence-corrected chi connectivity index (χ2v) is 7.89. The van der Waals surface area contributed by atoms with Gasteiger partial charge in [0.05, 0.1) is 10.6 Å². The summed E-state index contributed by atoms with van der Waals surface area (Å²) in [5.41, 5.74) is 0. The smallest absolute Gasteiger partial charge is 0.179 e. The third kappa shape index (κ3) is 4.02. The van der Waals surface area contributed by atoms with Crippen molar-refractivity contribution < 1.29 is 8.42 Å². The number of nitrogens with zero attached hydrogens (tertiary/aromatic N) is 1. The lowest BCUT2D eigenvalue weighted by Crippen LogP contribution is -2.50. The molecule has 19 heavy (non-hydrogen) atoms. The molecule has 6 heteroatoms. The summed E-state index contributed by atoms with van der Waals surface area (Å²) in [6.45, 7) is 5.50. The molecule has 1 unspecified atom stereocenters. The molecule has 2 rings (SSSR count). The van der Waals surface area contributed by atoms with E-state index in [1.165, 1.54) is 0 Å². The van der Waals surface area contributed by atoms with Crippen LogP contribution in [0.5, 0.6) is 0 Å². The molecule has 1 aliphatic heterocycles. The number of nitrogens with one attached hydrogen (secondary N) is 1. The summed E-state index contributed by atoms with van der Waals surface area (Å²) in [7, 11) is -3.18. The predicted molar refractivity (Wildman–Crippen MR) is 80.1 cm³/mol. The summed E-state index contributed by atoms with van der Waals surface area (Å²) < 4.78 is 25.4. The third-order valence-electron chi connectivity index (χ3n) is 3.46. The summed E-state index contributed by atoms with van der Waals surface area (Å²) >= 11 is 3.31. The minimum atomic E-state index is -3.18. The molecular formula is C13H19BrN2O2S. The monoisotopic (exact) mass is 346 g/mol. The van der Waals surface area contributed by atoms with E-state index in [-0.39, 0.29) is 5.75 Å². The molecule has 0 aliphatic carbocycles. The van der Waals surface area contributed by atoms with Crippen LogP contribution < -0.4 is 5.32 Å². The molecule has 0 spiro atoms. The van der Waals surface area contributed by atoms with Gasteiger partial charge < -0.3 is 5.32 Å². The average molecular weight is 347 g/mol. The molecule has 0 saturated carbocycles. The number of benzene rings is 1. The highest BCUT2D eigenvalue weighted by Crippen LogP contribution is 2.16. The Bertz CT molecular complexity index is 516. The van der Waals surface area contributed by atoms with E-state index in [9.17, 15) is 8.42 Å². The molecule has 1 atom stereocenters. The van der Waals surface area contributed by atoms with Crippen LogP contribution in [-0.4, -0.2) is 51.3 Å². The van der Waals surface area contributed by atoms with E-state index in [2.05, 4.69) is 33.1 Å². The van der Waals surface area contributed by atoms with Crippen LogP contribution in [0.2, 0.25) is 0 Å². The normalized spacial score (nSPS) is 21.5. The molecule has 1 heterocycles. The van der Waals surface area contributed by atoms with Gasteiger partial charge in [-0.2, -0.15) is 0 Å². The molecule has 0 bridgehead atoms. The van der Waals surface area contributed by atoms with Gasteiger partial charge in [-0.05, 0) is 31.2 Å². The van der Waals surface area contributed by atoms with Crippen molar-refractivity contribution in [3.05, 3.63) is 28.7 Å². The predicted octanol–water partition coefficient (Wildman–Crippen LogP) is 1.52. The van der Waals surface area contributed by atoms with Gasteiger partial charge in [-0.1, -0.05) is 15.9 Å². The molecular weight excluding hydrogens is 328 g/mol. The van der Waals surface area contributed by atoms with Gasteiger partial charge in [-0.3, -0.25) is 4.90 Å². The summed E-state index contributed by atoms with van der Waals surface area (Å²) in [6, 6.07) is 7.23. The zero-order chi connectivity index (χ0) is 13.9. The number of hydrogen-bond donors (Lipinski definition) is 1. The van der Waals surface area contributed by atoms with Crippen molar-refractivity contribution in [2.24, 2.45) is 0 Å². The van der Waals surface area contributed by atoms with Gasteiger partial charge in [-0.25, -0.2) is 8.42 Å². The quantitative estimate of drug-likeness (QED) is 0.897. The van der Waals surface area contributed by atoms with Crippen LogP contribution in [0.4, 0.5) is 0 Å². The van der Waals surface area contributed by atoms with Gasteiger partial charge in [0.25, 0.3) is 0 Å². The van der Waals surface area contributed by atoms with Crippen molar-refractivity contribution in [3.63, 3.8) is 0 Å². The Morgan fingerprint density at radius 1 is 1.37 bits per heavy atom. The van der Waals surface area contributed by atoms with Crippen LogP contribution in [0.15, 0.2) is 33.6 Å². The molecule has 1 aliphatic rings. The Morgan fingerprint density at radius 3 is 2.68 bits per heavy atom. The highest BCUT2D eigenvalue weighted by Gasteiger charge is 2.21. The van der Waals surface area contributed by atoms with E-state index in [1.54, 1.807) is 24.3 Å². The molecule has 1 saturated heterocycles. The molecule has 4 nitrogen and oxygen atoms in total. The SMILES string of the molecule is CC1CNCCN1CCS(=O)(=O)c1ccc(Br)cc1. The van der Waals surface area contributed by atoms with E-state index in [1.807, 2.05) is 0 Å². The van der Waals surface area contributed by atoms with Gasteiger partial charge >= 0.3 is 0 Å². The van der Waals surface area contributed by atoms with E-state index in [0.717, 1.165) is 24.1 Å². The fourth-order valence-corrected chi connectivity index (χ4v) is 3.74. The third-order valence-corrected chi connectivity index (χ3v) is 5.70. The van der Waals surface area contributed by atoms with Crippen molar-refractivity contribution in [3.8, 4) is 0 Å². The Labute approximate surface area is 123 Å². The summed E-state index contributed by atoms with van der Waals surface area (Å²) in [4.78, 5) is 2.63. The molecule has 0 radical (unpaired) electrons. The lowest BCUT2D eigenvalue weighted by atomic mass is 10.2. The maximum atomic E-state index is 12.2. The Morgan fingerprint density at radius 2 is 2.05 bits per heavy atom. The lowest BCUT2D eigenvalue weighted by molar-refractivity contribution is 0.184. The maximum Gasteiger partial charge on any atom is 0.179 e. The van der Waals surface area contributed by atoms with Gasteiger partial charge in [0, 0.05) is 36.7 Å². The second kappa shape index (κ2) is 6.35. The fraction of sp³-hybridized carbons (Fsp3) is 0.538. The van der Waals surface area contributed by atoms with E-state index in [0.29, 0.717) is 17.5 Å². The van der Waals surface area contributed by atoms with Crippen molar-refractivity contribution >= 4 is 25.8 Å². The Balaban J connectivity index is 1.99. The molecule has 106 valence electrons. The standard InChI is InChI=1S/C13H19BrN2O2S/c1-11-10-15-6-7-16(11)8-9-19(17,18)13-4-2-12(14)3-5-13/h2-5,11,15H,6-10H2,1H3. The van der Waals surface area contributed by atoms with Crippen LogP contribution in [0.25, 0.3) is 0 Å². The highest BCUT2D eigenvalue weighted by molar-refractivity contribution is 9.10.